The normalized spacial score (nSPS) is 15.6. The van der Waals surface area contributed by atoms with Gasteiger partial charge in [-0.2, -0.15) is 0 Å². The number of rotatable bonds is 5. The summed E-state index contributed by atoms with van der Waals surface area (Å²) in [6, 6.07) is 12.9. The van der Waals surface area contributed by atoms with E-state index in [0.717, 1.165) is 25.7 Å². The molecule has 0 radical (unpaired) electrons. The van der Waals surface area contributed by atoms with Crippen molar-refractivity contribution in [1.82, 2.24) is 5.32 Å². The van der Waals surface area contributed by atoms with Gasteiger partial charge in [-0.05, 0) is 55.3 Å². The molecule has 2 aromatic rings. The highest BCUT2D eigenvalue weighted by atomic mass is 35.5. The maximum absolute atomic E-state index is 12.9. The van der Waals surface area contributed by atoms with E-state index in [1.165, 1.54) is 36.3 Å². The van der Waals surface area contributed by atoms with Gasteiger partial charge in [-0.15, -0.1) is 0 Å². The minimum Gasteiger partial charge on any atom is -0.349 e. The molecule has 0 atom stereocenters. The van der Waals surface area contributed by atoms with Crippen LogP contribution >= 0.6 is 11.6 Å². The fourth-order valence-electron chi connectivity index (χ4n) is 3.44. The van der Waals surface area contributed by atoms with Gasteiger partial charge in [0, 0.05) is 23.7 Å². The first-order valence-corrected chi connectivity index (χ1v) is 11.3. The van der Waals surface area contributed by atoms with Crippen LogP contribution < -0.4 is 9.62 Å². The van der Waals surface area contributed by atoms with E-state index < -0.39 is 10.0 Å². The van der Waals surface area contributed by atoms with Gasteiger partial charge in [-0.25, -0.2) is 8.42 Å². The van der Waals surface area contributed by atoms with Crippen molar-refractivity contribution in [2.45, 2.75) is 49.5 Å². The number of hydrogen-bond donors (Lipinski definition) is 1. The molecule has 1 aliphatic carbocycles. The highest BCUT2D eigenvalue weighted by Crippen LogP contribution is 2.24. The first-order chi connectivity index (χ1) is 13.4. The first-order valence-electron chi connectivity index (χ1n) is 9.53. The van der Waals surface area contributed by atoms with Crippen molar-refractivity contribution in [2.75, 3.05) is 11.4 Å². The maximum atomic E-state index is 12.9. The Morgan fingerprint density at radius 2 is 1.68 bits per heavy atom. The maximum Gasteiger partial charge on any atom is 0.264 e. The van der Waals surface area contributed by atoms with Crippen molar-refractivity contribution in [3.63, 3.8) is 0 Å². The van der Waals surface area contributed by atoms with Crippen molar-refractivity contribution in [2.24, 2.45) is 0 Å². The molecular weight excluding hydrogens is 396 g/mol. The molecule has 1 amide bonds. The Morgan fingerprint density at radius 1 is 1.04 bits per heavy atom. The van der Waals surface area contributed by atoms with E-state index in [1.54, 1.807) is 36.4 Å². The van der Waals surface area contributed by atoms with Crippen LogP contribution in [0.3, 0.4) is 0 Å². The molecule has 2 aromatic carbocycles. The Kier molecular flexibility index (Phi) is 6.62. The summed E-state index contributed by atoms with van der Waals surface area (Å²) < 4.78 is 26.9. The summed E-state index contributed by atoms with van der Waals surface area (Å²) in [5.74, 6) is -0.161. The number of amides is 1. The van der Waals surface area contributed by atoms with E-state index >= 15 is 0 Å². The molecule has 0 heterocycles. The minimum absolute atomic E-state index is 0.146. The molecule has 0 aromatic heterocycles. The lowest BCUT2D eigenvalue weighted by molar-refractivity contribution is 0.0933. The van der Waals surface area contributed by atoms with Crippen LogP contribution in [0.25, 0.3) is 0 Å². The van der Waals surface area contributed by atoms with Gasteiger partial charge >= 0.3 is 0 Å². The van der Waals surface area contributed by atoms with Gasteiger partial charge in [0.2, 0.25) is 0 Å². The Bertz CT molecular complexity index is 921. The molecule has 28 heavy (non-hydrogen) atoms. The smallest absolute Gasteiger partial charge is 0.264 e. The summed E-state index contributed by atoms with van der Waals surface area (Å²) in [5.41, 5.74) is 0.892. The number of sulfonamides is 1. The van der Waals surface area contributed by atoms with E-state index in [9.17, 15) is 13.2 Å². The van der Waals surface area contributed by atoms with Crippen LogP contribution in [0.2, 0.25) is 5.02 Å². The molecule has 1 saturated carbocycles. The zero-order chi connectivity index (χ0) is 20.1. The number of anilines is 1. The highest BCUT2D eigenvalue weighted by molar-refractivity contribution is 7.92. The third kappa shape index (κ3) is 4.86. The zero-order valence-electron chi connectivity index (χ0n) is 15.9. The summed E-state index contributed by atoms with van der Waals surface area (Å²) in [7, 11) is -2.26. The number of benzene rings is 2. The molecule has 0 saturated heterocycles. The monoisotopic (exact) mass is 420 g/mol. The second kappa shape index (κ2) is 8.97. The lowest BCUT2D eigenvalue weighted by atomic mass is 10.1. The molecule has 1 N–H and O–H groups in total. The van der Waals surface area contributed by atoms with Crippen LogP contribution in [0.5, 0.6) is 0 Å². The molecule has 1 fully saturated rings. The Morgan fingerprint density at radius 3 is 2.32 bits per heavy atom. The number of hydrogen-bond acceptors (Lipinski definition) is 3. The van der Waals surface area contributed by atoms with Gasteiger partial charge in [0.1, 0.15) is 0 Å². The predicted molar refractivity (Wildman–Crippen MR) is 112 cm³/mol. The van der Waals surface area contributed by atoms with E-state index in [1.807, 2.05) is 0 Å². The van der Waals surface area contributed by atoms with Crippen molar-refractivity contribution in [1.29, 1.82) is 0 Å². The van der Waals surface area contributed by atoms with Gasteiger partial charge in [-0.3, -0.25) is 9.10 Å². The molecule has 150 valence electrons. The molecule has 3 rings (SSSR count). The summed E-state index contributed by atoms with van der Waals surface area (Å²) in [4.78, 5) is 12.8. The first kappa shape index (κ1) is 20.7. The van der Waals surface area contributed by atoms with E-state index in [-0.39, 0.29) is 16.8 Å². The molecule has 7 heteroatoms. The topological polar surface area (TPSA) is 66.5 Å². The summed E-state index contributed by atoms with van der Waals surface area (Å²) >= 11 is 5.85. The van der Waals surface area contributed by atoms with Gasteiger partial charge in [-0.1, -0.05) is 43.4 Å². The summed E-state index contributed by atoms with van der Waals surface area (Å²) in [6.07, 6.45) is 6.69. The van der Waals surface area contributed by atoms with Gasteiger partial charge < -0.3 is 5.32 Å². The van der Waals surface area contributed by atoms with Crippen LogP contribution in [0.15, 0.2) is 53.4 Å². The fraction of sp³-hybridized carbons (Fsp3) is 0.381. The number of nitrogens with one attached hydrogen (secondary N) is 1. The number of halogens is 1. The Labute approximate surface area is 171 Å². The van der Waals surface area contributed by atoms with Gasteiger partial charge in [0.25, 0.3) is 15.9 Å². The second-order valence-electron chi connectivity index (χ2n) is 7.14. The number of nitrogens with zero attached hydrogens (tertiary/aromatic N) is 1. The van der Waals surface area contributed by atoms with Crippen molar-refractivity contribution in [3.05, 3.63) is 59.1 Å². The number of carbonyl (C=O) groups is 1. The van der Waals surface area contributed by atoms with Crippen molar-refractivity contribution in [3.8, 4) is 0 Å². The van der Waals surface area contributed by atoms with Crippen molar-refractivity contribution < 1.29 is 13.2 Å². The third-order valence-electron chi connectivity index (χ3n) is 5.13. The van der Waals surface area contributed by atoms with E-state index in [0.29, 0.717) is 16.3 Å². The quantitative estimate of drug-likeness (QED) is 0.718. The largest absolute Gasteiger partial charge is 0.349 e. The second-order valence-corrected chi connectivity index (χ2v) is 9.54. The molecule has 0 spiro atoms. The predicted octanol–water partition coefficient (Wildman–Crippen LogP) is 4.62. The molecular formula is C21H25ClN2O3S. The van der Waals surface area contributed by atoms with Crippen LogP contribution in [-0.4, -0.2) is 27.4 Å². The van der Waals surface area contributed by atoms with Crippen LogP contribution in [0.4, 0.5) is 5.69 Å². The molecule has 0 aliphatic heterocycles. The zero-order valence-corrected chi connectivity index (χ0v) is 17.5. The fourth-order valence-corrected chi connectivity index (χ4v) is 4.75. The lowest BCUT2D eigenvalue weighted by Crippen LogP contribution is -2.34. The molecule has 5 nitrogen and oxygen atoms in total. The SMILES string of the molecule is CN(c1cccc(C(=O)NC2CCCCCC2)c1)S(=O)(=O)c1ccc(Cl)cc1. The third-order valence-corrected chi connectivity index (χ3v) is 7.19. The van der Waals surface area contributed by atoms with E-state index in [4.69, 9.17) is 11.6 Å². The van der Waals surface area contributed by atoms with Crippen LogP contribution in [0.1, 0.15) is 48.9 Å². The average molecular weight is 421 g/mol. The van der Waals surface area contributed by atoms with Crippen LogP contribution in [-0.2, 0) is 10.0 Å². The van der Waals surface area contributed by atoms with Crippen molar-refractivity contribution >= 4 is 33.2 Å². The lowest BCUT2D eigenvalue weighted by Gasteiger charge is -2.21. The summed E-state index contributed by atoms with van der Waals surface area (Å²) in [6.45, 7) is 0. The molecule has 0 unspecified atom stereocenters. The minimum atomic E-state index is -3.74. The number of carbonyl (C=O) groups excluding carboxylic acids is 1. The summed E-state index contributed by atoms with van der Waals surface area (Å²) in [5, 5.41) is 3.57. The Hall–Kier alpha value is -2.05. The Balaban J connectivity index is 1.78. The van der Waals surface area contributed by atoms with E-state index in [2.05, 4.69) is 5.32 Å². The molecule has 1 aliphatic rings. The van der Waals surface area contributed by atoms with Gasteiger partial charge in [0.05, 0.1) is 10.6 Å². The average Bonchev–Trinajstić information content (AvgIpc) is 2.96. The highest BCUT2D eigenvalue weighted by Gasteiger charge is 2.22. The molecule has 0 bridgehead atoms. The standard InChI is InChI=1S/C21H25ClN2O3S/c1-24(28(26,27)20-13-11-17(22)12-14-20)19-10-6-7-16(15-19)21(25)23-18-8-4-2-3-5-9-18/h6-7,10-15,18H,2-5,8-9H2,1H3,(H,23,25). The van der Waals surface area contributed by atoms with Gasteiger partial charge in [0.15, 0.2) is 0 Å². The van der Waals surface area contributed by atoms with Crippen LogP contribution in [0, 0.1) is 0 Å².